The number of hydrazone groups is 1. The van der Waals surface area contributed by atoms with E-state index in [0.717, 1.165) is 22.8 Å². The van der Waals surface area contributed by atoms with E-state index in [0.29, 0.717) is 11.7 Å². The molecule has 4 nitrogen and oxygen atoms in total. The molecule has 0 aliphatic carbocycles. The molecular weight excluding hydrogens is 234 g/mol. The van der Waals surface area contributed by atoms with Crippen molar-refractivity contribution in [3.05, 3.63) is 35.8 Å². The predicted octanol–water partition coefficient (Wildman–Crippen LogP) is 2.35. The first-order valence-electron chi connectivity index (χ1n) is 5.28. The molecule has 92 valence electrons. The standard InChI is InChI=1S/C12H17N3OS/c1-8(2)7-13-12(17)15-14-10(4)11-6-5-9(3)16-11/h5-6H,1,7H2,2-4H3,(H2,13,15,17)/b14-10-. The summed E-state index contributed by atoms with van der Waals surface area (Å²) in [6.07, 6.45) is 0. The Hall–Kier alpha value is -1.62. The Morgan fingerprint density at radius 3 is 2.71 bits per heavy atom. The lowest BCUT2D eigenvalue weighted by atomic mass is 10.3. The lowest BCUT2D eigenvalue weighted by molar-refractivity contribution is 0.525. The van der Waals surface area contributed by atoms with Gasteiger partial charge in [0.1, 0.15) is 17.2 Å². The Kier molecular flexibility index (Phi) is 4.90. The van der Waals surface area contributed by atoms with E-state index in [2.05, 4.69) is 22.4 Å². The summed E-state index contributed by atoms with van der Waals surface area (Å²) in [6.45, 7) is 10.1. The fraction of sp³-hybridized carbons (Fsp3) is 0.333. The quantitative estimate of drug-likeness (QED) is 0.373. The van der Waals surface area contributed by atoms with Gasteiger partial charge in [0.2, 0.25) is 0 Å². The van der Waals surface area contributed by atoms with Crippen molar-refractivity contribution in [2.45, 2.75) is 20.8 Å². The lowest BCUT2D eigenvalue weighted by Crippen LogP contribution is -2.33. The van der Waals surface area contributed by atoms with Crippen molar-refractivity contribution in [3.63, 3.8) is 0 Å². The highest BCUT2D eigenvalue weighted by Crippen LogP contribution is 2.06. The first-order valence-corrected chi connectivity index (χ1v) is 5.69. The number of thiocarbonyl (C=S) groups is 1. The third-order valence-corrected chi connectivity index (χ3v) is 2.21. The molecule has 17 heavy (non-hydrogen) atoms. The van der Waals surface area contributed by atoms with Gasteiger partial charge in [0.05, 0.1) is 0 Å². The number of hydrogen-bond acceptors (Lipinski definition) is 3. The van der Waals surface area contributed by atoms with Gasteiger partial charge >= 0.3 is 0 Å². The van der Waals surface area contributed by atoms with Gasteiger partial charge in [0, 0.05) is 6.54 Å². The van der Waals surface area contributed by atoms with E-state index in [9.17, 15) is 0 Å². The summed E-state index contributed by atoms with van der Waals surface area (Å²) < 4.78 is 5.43. The molecule has 0 saturated heterocycles. The Morgan fingerprint density at radius 1 is 1.47 bits per heavy atom. The Balaban J connectivity index is 2.48. The molecule has 0 spiro atoms. The SMILES string of the molecule is C=C(C)CNC(=S)N/N=C(/C)c1ccc(C)o1. The van der Waals surface area contributed by atoms with Crippen LogP contribution in [0.5, 0.6) is 0 Å². The zero-order valence-corrected chi connectivity index (χ0v) is 11.1. The maximum atomic E-state index is 5.43. The van der Waals surface area contributed by atoms with Gasteiger partial charge in [-0.2, -0.15) is 5.10 Å². The summed E-state index contributed by atoms with van der Waals surface area (Å²) in [4.78, 5) is 0. The minimum absolute atomic E-state index is 0.468. The third-order valence-electron chi connectivity index (χ3n) is 1.97. The molecule has 1 heterocycles. The molecule has 0 atom stereocenters. The molecule has 0 fully saturated rings. The largest absolute Gasteiger partial charge is 0.460 e. The normalized spacial score (nSPS) is 11.1. The van der Waals surface area contributed by atoms with E-state index < -0.39 is 0 Å². The van der Waals surface area contributed by atoms with Crippen LogP contribution in [0.25, 0.3) is 0 Å². The number of nitrogens with zero attached hydrogens (tertiary/aromatic N) is 1. The van der Waals surface area contributed by atoms with E-state index in [4.69, 9.17) is 16.6 Å². The van der Waals surface area contributed by atoms with E-state index in [1.165, 1.54) is 0 Å². The van der Waals surface area contributed by atoms with Crippen molar-refractivity contribution in [1.82, 2.24) is 10.7 Å². The fourth-order valence-electron chi connectivity index (χ4n) is 1.09. The Bertz CT molecular complexity index is 448. The van der Waals surface area contributed by atoms with Gasteiger partial charge in [-0.25, -0.2) is 0 Å². The third kappa shape index (κ3) is 4.82. The highest BCUT2D eigenvalue weighted by Gasteiger charge is 2.02. The van der Waals surface area contributed by atoms with Crippen LogP contribution in [0.1, 0.15) is 25.4 Å². The summed E-state index contributed by atoms with van der Waals surface area (Å²) in [6, 6.07) is 3.77. The average molecular weight is 251 g/mol. The van der Waals surface area contributed by atoms with Crippen molar-refractivity contribution in [1.29, 1.82) is 0 Å². The van der Waals surface area contributed by atoms with Crippen molar-refractivity contribution in [2.75, 3.05) is 6.54 Å². The molecule has 1 aromatic rings. The van der Waals surface area contributed by atoms with Crippen molar-refractivity contribution < 1.29 is 4.42 Å². The molecule has 0 aliphatic rings. The van der Waals surface area contributed by atoms with E-state index in [1.54, 1.807) is 0 Å². The van der Waals surface area contributed by atoms with Gasteiger partial charge in [0.25, 0.3) is 0 Å². The van der Waals surface area contributed by atoms with Gasteiger partial charge in [-0.05, 0) is 45.1 Å². The first kappa shape index (κ1) is 13.4. The van der Waals surface area contributed by atoms with Crippen LogP contribution in [-0.4, -0.2) is 17.4 Å². The monoisotopic (exact) mass is 251 g/mol. The Morgan fingerprint density at radius 2 is 2.18 bits per heavy atom. The van der Waals surface area contributed by atoms with Gasteiger partial charge in [-0.1, -0.05) is 12.2 Å². The zero-order valence-electron chi connectivity index (χ0n) is 10.3. The lowest BCUT2D eigenvalue weighted by Gasteiger charge is -2.06. The van der Waals surface area contributed by atoms with Crippen molar-refractivity contribution in [2.24, 2.45) is 5.10 Å². The van der Waals surface area contributed by atoms with Crippen LogP contribution in [-0.2, 0) is 0 Å². The molecule has 0 amide bonds. The summed E-state index contributed by atoms with van der Waals surface area (Å²) in [5.41, 5.74) is 4.51. The molecule has 5 heteroatoms. The molecule has 1 rings (SSSR count). The average Bonchev–Trinajstić information content (AvgIpc) is 2.70. The number of aryl methyl sites for hydroxylation is 1. The van der Waals surface area contributed by atoms with Crippen LogP contribution < -0.4 is 10.7 Å². The first-order chi connectivity index (χ1) is 7.99. The van der Waals surface area contributed by atoms with Crippen LogP contribution in [0.2, 0.25) is 0 Å². The van der Waals surface area contributed by atoms with Crippen LogP contribution in [0.15, 0.2) is 33.8 Å². The second-order valence-corrected chi connectivity index (χ2v) is 4.27. The van der Waals surface area contributed by atoms with E-state index >= 15 is 0 Å². The molecule has 0 aromatic carbocycles. The summed E-state index contributed by atoms with van der Waals surface area (Å²) in [5.74, 6) is 1.59. The minimum atomic E-state index is 0.468. The highest BCUT2D eigenvalue weighted by atomic mass is 32.1. The summed E-state index contributed by atoms with van der Waals surface area (Å²) in [5, 5.41) is 7.57. The number of furan rings is 1. The summed E-state index contributed by atoms with van der Waals surface area (Å²) >= 11 is 5.04. The molecule has 0 bridgehead atoms. The number of rotatable bonds is 4. The summed E-state index contributed by atoms with van der Waals surface area (Å²) in [7, 11) is 0. The maximum Gasteiger partial charge on any atom is 0.187 e. The van der Waals surface area contributed by atoms with Gasteiger partial charge in [0.15, 0.2) is 5.11 Å². The smallest absolute Gasteiger partial charge is 0.187 e. The molecule has 0 unspecified atom stereocenters. The molecule has 0 radical (unpaired) electrons. The number of hydrogen-bond donors (Lipinski definition) is 2. The van der Waals surface area contributed by atoms with E-state index in [-0.39, 0.29) is 0 Å². The van der Waals surface area contributed by atoms with Crippen LogP contribution in [0.4, 0.5) is 0 Å². The zero-order chi connectivity index (χ0) is 12.8. The second kappa shape index (κ2) is 6.20. The van der Waals surface area contributed by atoms with Gasteiger partial charge < -0.3 is 9.73 Å². The van der Waals surface area contributed by atoms with Gasteiger partial charge in [-0.3, -0.25) is 5.43 Å². The highest BCUT2D eigenvalue weighted by molar-refractivity contribution is 7.80. The second-order valence-electron chi connectivity index (χ2n) is 3.86. The molecule has 1 aromatic heterocycles. The van der Waals surface area contributed by atoms with Crippen LogP contribution in [0.3, 0.4) is 0 Å². The van der Waals surface area contributed by atoms with Crippen molar-refractivity contribution >= 4 is 23.0 Å². The maximum absolute atomic E-state index is 5.43. The molecule has 0 saturated carbocycles. The Labute approximate surface area is 107 Å². The minimum Gasteiger partial charge on any atom is -0.460 e. The van der Waals surface area contributed by atoms with Gasteiger partial charge in [-0.15, -0.1) is 0 Å². The molecular formula is C12H17N3OS. The van der Waals surface area contributed by atoms with Crippen molar-refractivity contribution in [3.8, 4) is 0 Å². The van der Waals surface area contributed by atoms with Crippen LogP contribution in [0, 0.1) is 6.92 Å². The molecule has 0 aliphatic heterocycles. The van der Waals surface area contributed by atoms with Crippen LogP contribution >= 0.6 is 12.2 Å². The topological polar surface area (TPSA) is 49.6 Å². The molecule has 2 N–H and O–H groups in total. The predicted molar refractivity (Wildman–Crippen MR) is 74.2 cm³/mol. The fourth-order valence-corrected chi connectivity index (χ4v) is 1.21. The van der Waals surface area contributed by atoms with E-state index in [1.807, 2.05) is 32.9 Å². The number of nitrogens with one attached hydrogen (secondary N) is 2.